The van der Waals surface area contributed by atoms with Crippen LogP contribution in [0.25, 0.3) is 0 Å². The third-order valence-corrected chi connectivity index (χ3v) is 13.2. The lowest BCUT2D eigenvalue weighted by Gasteiger charge is -2.63. The molecule has 0 saturated heterocycles. The van der Waals surface area contributed by atoms with Crippen LogP contribution in [0.1, 0.15) is 113 Å². The van der Waals surface area contributed by atoms with Gasteiger partial charge in [-0.25, -0.2) is 0 Å². The van der Waals surface area contributed by atoms with Crippen molar-refractivity contribution in [1.29, 1.82) is 0 Å². The Labute approximate surface area is 252 Å². The smallest absolute Gasteiger partial charge is 0.317 e. The molecule has 0 bridgehead atoms. The van der Waals surface area contributed by atoms with Crippen LogP contribution in [0.15, 0.2) is 23.3 Å². The molecule has 0 aromatic rings. The number of carbonyl (C=O) groups is 3. The number of carboxylic acids is 1. The molecule has 2 unspecified atom stereocenters. The molecular weight excluding hydrogens is 532 g/mol. The summed E-state index contributed by atoms with van der Waals surface area (Å²) < 4.78 is 10.6. The Morgan fingerprint density at radius 1 is 1.00 bits per heavy atom. The van der Waals surface area contributed by atoms with Crippen molar-refractivity contribution in [2.75, 3.05) is 7.11 Å². The first kappa shape index (κ1) is 32.8. The Morgan fingerprint density at radius 3 is 2.29 bits per heavy atom. The van der Waals surface area contributed by atoms with Gasteiger partial charge in [-0.05, 0) is 93.3 Å². The van der Waals surface area contributed by atoms with Gasteiger partial charge < -0.3 is 19.7 Å². The van der Waals surface area contributed by atoms with Gasteiger partial charge in [-0.1, -0.05) is 64.8 Å². The van der Waals surface area contributed by atoms with Crippen molar-refractivity contribution < 1.29 is 34.1 Å². The van der Waals surface area contributed by atoms with Crippen LogP contribution in [0.2, 0.25) is 0 Å². The zero-order valence-electron chi connectivity index (χ0n) is 27.2. The van der Waals surface area contributed by atoms with Crippen molar-refractivity contribution in [3.8, 4) is 0 Å². The molecule has 9 atom stereocenters. The highest BCUT2D eigenvalue weighted by Gasteiger charge is 2.66. The van der Waals surface area contributed by atoms with Crippen LogP contribution in [-0.4, -0.2) is 47.4 Å². The molecule has 2 fully saturated rings. The molecule has 4 rings (SSSR count). The van der Waals surface area contributed by atoms with Crippen LogP contribution in [0, 0.1) is 45.3 Å². The molecule has 0 heterocycles. The van der Waals surface area contributed by atoms with Crippen molar-refractivity contribution in [3.63, 3.8) is 0 Å². The zero-order valence-corrected chi connectivity index (χ0v) is 27.2. The second-order valence-corrected chi connectivity index (χ2v) is 15.3. The third kappa shape index (κ3) is 5.05. The second kappa shape index (κ2) is 11.4. The second-order valence-electron chi connectivity index (χ2n) is 15.3. The Kier molecular flexibility index (Phi) is 8.90. The number of hydrogen-bond acceptors (Lipinski definition) is 6. The number of carbonyl (C=O) groups excluding carboxylic acids is 2. The first-order valence-corrected chi connectivity index (χ1v) is 16.0. The summed E-state index contributed by atoms with van der Waals surface area (Å²) >= 11 is 0. The van der Waals surface area contributed by atoms with Crippen LogP contribution < -0.4 is 0 Å². The molecule has 0 aliphatic heterocycles. The van der Waals surface area contributed by atoms with Crippen LogP contribution >= 0.6 is 0 Å². The Morgan fingerprint density at radius 2 is 1.67 bits per heavy atom. The summed E-state index contributed by atoms with van der Waals surface area (Å²) in [4.78, 5) is 35.6. The Balaban J connectivity index is 1.58. The highest BCUT2D eigenvalue weighted by molar-refractivity contribution is 5.91. The van der Waals surface area contributed by atoms with Crippen LogP contribution in [0.5, 0.6) is 0 Å². The predicted octanol–water partition coefficient (Wildman–Crippen LogP) is 6.87. The lowest BCUT2D eigenvalue weighted by atomic mass is 9.42. The summed E-state index contributed by atoms with van der Waals surface area (Å²) in [6.45, 7) is 19.6. The number of aliphatic hydroxyl groups excluding tert-OH is 1. The fourth-order valence-corrected chi connectivity index (χ4v) is 10.2. The normalized spacial score (nSPS) is 38.4. The highest BCUT2D eigenvalue weighted by Crippen LogP contribution is 2.72. The van der Waals surface area contributed by atoms with Gasteiger partial charge >= 0.3 is 17.9 Å². The number of fused-ring (bicyclic) bond motifs is 4. The summed E-state index contributed by atoms with van der Waals surface area (Å²) in [5.74, 6) is -1.46. The minimum atomic E-state index is -0.823. The van der Waals surface area contributed by atoms with E-state index in [1.807, 2.05) is 0 Å². The summed E-state index contributed by atoms with van der Waals surface area (Å²) in [5.41, 5.74) is 3.08. The monoisotopic (exact) mass is 586 g/mol. The maximum atomic E-state index is 12.5. The molecule has 7 heteroatoms. The van der Waals surface area contributed by atoms with Crippen LogP contribution in [0.3, 0.4) is 0 Å². The largest absolute Gasteiger partial charge is 0.481 e. The van der Waals surface area contributed by atoms with Gasteiger partial charge in [0.25, 0.3) is 0 Å². The molecule has 0 radical (unpaired) electrons. The van der Waals surface area contributed by atoms with Crippen molar-refractivity contribution in [2.45, 2.75) is 125 Å². The quantitative estimate of drug-likeness (QED) is 0.172. The molecular formula is C35H54O7. The lowest BCUT2D eigenvalue weighted by Crippen LogP contribution is -2.58. The van der Waals surface area contributed by atoms with E-state index in [0.717, 1.165) is 50.5 Å². The molecule has 0 aromatic carbocycles. The first-order valence-electron chi connectivity index (χ1n) is 16.0. The molecule has 0 aromatic heterocycles. The molecule has 4 aliphatic carbocycles. The van der Waals surface area contributed by atoms with Gasteiger partial charge in [0.1, 0.15) is 12.5 Å². The summed E-state index contributed by atoms with van der Waals surface area (Å²) in [7, 11) is 1.27. The predicted molar refractivity (Wildman–Crippen MR) is 161 cm³/mol. The fraction of sp³-hybridized carbons (Fsp3) is 0.800. The lowest BCUT2D eigenvalue weighted by molar-refractivity contribution is -0.173. The van der Waals surface area contributed by atoms with E-state index in [1.54, 1.807) is 12.5 Å². The number of rotatable bonds is 9. The molecule has 42 heavy (non-hydrogen) atoms. The standard InChI is InChI=1S/C35H54O7/c1-20(22(3)31(39)40)10-11-21(2)23-14-17-34(7)24-12-13-26-32(4,5)28(42-30(38)19-29(37)41-9)15-16-33(26,6)25(24)18-27(36)35(23,34)8/h21-23,26-28,36H,1,10-19H2,2-9H3,(H,39,40)/t21?,22-,23+,26?,27-,28+,33+,34-,35-/m0/s1. The number of esters is 2. The molecule has 0 amide bonds. The van der Waals surface area contributed by atoms with Gasteiger partial charge in [0, 0.05) is 10.8 Å². The summed E-state index contributed by atoms with van der Waals surface area (Å²) in [6.07, 6.45) is 6.93. The van der Waals surface area contributed by atoms with E-state index >= 15 is 0 Å². The summed E-state index contributed by atoms with van der Waals surface area (Å²) in [6, 6.07) is 0. The third-order valence-electron chi connectivity index (χ3n) is 13.2. The van der Waals surface area contributed by atoms with Crippen molar-refractivity contribution in [1.82, 2.24) is 0 Å². The molecule has 4 aliphatic rings. The first-order chi connectivity index (χ1) is 19.4. The number of ether oxygens (including phenoxy) is 2. The molecule has 2 N–H and O–H groups in total. The SMILES string of the molecule is C=C(CCC(C)[C@H]1CC[C@@]2(C)C3=C(C[C@H](O)[C@]12C)[C@@]1(C)CC[C@@H](OC(=O)CC(=O)OC)C(C)(C)C1CC3)[C@H](C)C(=O)O. The van der Waals surface area contributed by atoms with Gasteiger partial charge in [-0.15, -0.1) is 0 Å². The molecule has 2 saturated carbocycles. The Bertz CT molecular complexity index is 1150. The molecule has 0 spiro atoms. The number of carboxylic acid groups (broad SMARTS) is 1. The molecule has 236 valence electrons. The van der Waals surface area contributed by atoms with Gasteiger partial charge in [0.2, 0.25) is 0 Å². The van der Waals surface area contributed by atoms with Gasteiger partial charge in [-0.3, -0.25) is 14.4 Å². The van der Waals surface area contributed by atoms with E-state index in [4.69, 9.17) is 4.74 Å². The van der Waals surface area contributed by atoms with E-state index in [-0.39, 0.29) is 34.2 Å². The van der Waals surface area contributed by atoms with Crippen molar-refractivity contribution >= 4 is 17.9 Å². The fourth-order valence-electron chi connectivity index (χ4n) is 10.2. The minimum absolute atomic E-state index is 0.0813. The number of hydrogen-bond donors (Lipinski definition) is 2. The highest BCUT2D eigenvalue weighted by atomic mass is 16.6. The van der Waals surface area contributed by atoms with Crippen LogP contribution in [0.4, 0.5) is 0 Å². The summed E-state index contributed by atoms with van der Waals surface area (Å²) in [5, 5.41) is 21.5. The maximum absolute atomic E-state index is 12.5. The van der Waals surface area contributed by atoms with Gasteiger partial charge in [0.15, 0.2) is 0 Å². The van der Waals surface area contributed by atoms with Gasteiger partial charge in [0.05, 0.1) is 19.1 Å². The maximum Gasteiger partial charge on any atom is 0.317 e. The van der Waals surface area contributed by atoms with Crippen molar-refractivity contribution in [2.24, 2.45) is 45.3 Å². The number of aliphatic hydroxyl groups is 1. The van der Waals surface area contributed by atoms with E-state index in [9.17, 15) is 24.6 Å². The van der Waals surface area contributed by atoms with E-state index in [1.165, 1.54) is 12.7 Å². The van der Waals surface area contributed by atoms with E-state index in [0.29, 0.717) is 30.6 Å². The number of allylic oxidation sites excluding steroid dienone is 1. The average molecular weight is 587 g/mol. The van der Waals surface area contributed by atoms with E-state index < -0.39 is 29.9 Å². The number of aliphatic carboxylic acids is 1. The van der Waals surface area contributed by atoms with Crippen molar-refractivity contribution in [3.05, 3.63) is 23.3 Å². The topological polar surface area (TPSA) is 110 Å². The Hall–Kier alpha value is -2.15. The average Bonchev–Trinajstić information content (AvgIpc) is 3.21. The zero-order chi connectivity index (χ0) is 31.4. The molecule has 7 nitrogen and oxygen atoms in total. The number of methoxy groups -OCH3 is 1. The van der Waals surface area contributed by atoms with E-state index in [2.05, 4.69) is 52.9 Å². The van der Waals surface area contributed by atoms with Crippen LogP contribution in [-0.2, 0) is 23.9 Å². The minimum Gasteiger partial charge on any atom is -0.481 e. The van der Waals surface area contributed by atoms with Gasteiger partial charge in [-0.2, -0.15) is 0 Å².